The highest BCUT2D eigenvalue weighted by molar-refractivity contribution is 7.96. The Bertz CT molecular complexity index is 151. The van der Waals surface area contributed by atoms with Gasteiger partial charge in [-0.3, -0.25) is 4.79 Å². The van der Waals surface area contributed by atoms with Crippen LogP contribution in [0.2, 0.25) is 0 Å². The zero-order valence-corrected chi connectivity index (χ0v) is 7.26. The molecule has 1 atom stereocenters. The summed E-state index contributed by atoms with van der Waals surface area (Å²) < 4.78 is 0. The predicted molar refractivity (Wildman–Crippen MR) is 45.7 cm³/mol. The maximum absolute atomic E-state index is 10.5. The monoisotopic (exact) mass is 175 g/mol. The minimum absolute atomic E-state index is 0.0774. The molecule has 1 N–H and O–H groups in total. The third-order valence-electron chi connectivity index (χ3n) is 1.89. The van der Waals surface area contributed by atoms with E-state index in [4.69, 9.17) is 5.11 Å². The molecule has 1 aliphatic heterocycles. The van der Waals surface area contributed by atoms with Crippen LogP contribution >= 0.6 is 12.6 Å². The Morgan fingerprint density at radius 3 is 2.91 bits per heavy atom. The van der Waals surface area contributed by atoms with Gasteiger partial charge in [-0.25, -0.2) is 0 Å². The van der Waals surface area contributed by atoms with Crippen LogP contribution in [0.15, 0.2) is 0 Å². The van der Waals surface area contributed by atoms with E-state index in [0.717, 1.165) is 19.5 Å². The van der Waals surface area contributed by atoms with E-state index in [1.807, 2.05) is 0 Å². The fourth-order valence-electron chi connectivity index (χ4n) is 1.27. The molecule has 11 heavy (non-hydrogen) atoms. The van der Waals surface area contributed by atoms with E-state index in [-0.39, 0.29) is 11.2 Å². The van der Waals surface area contributed by atoms with Gasteiger partial charge in [0.2, 0.25) is 0 Å². The predicted octanol–water partition coefficient (Wildman–Crippen LogP) is -0.100. The maximum atomic E-state index is 10.5. The van der Waals surface area contributed by atoms with Crippen molar-refractivity contribution in [1.82, 2.24) is 4.90 Å². The number of nitrogens with zero attached hydrogens (tertiary/aromatic N) is 1. The van der Waals surface area contributed by atoms with Gasteiger partial charge >= 0.3 is 0 Å². The smallest absolute Gasteiger partial charge is 0.187 e. The molecular weight excluding hydrogens is 162 g/mol. The van der Waals surface area contributed by atoms with Crippen LogP contribution in [0.1, 0.15) is 12.8 Å². The van der Waals surface area contributed by atoms with E-state index in [9.17, 15) is 4.79 Å². The molecule has 0 aromatic heterocycles. The molecule has 1 saturated heterocycles. The first kappa shape index (κ1) is 9.03. The van der Waals surface area contributed by atoms with E-state index in [2.05, 4.69) is 17.5 Å². The van der Waals surface area contributed by atoms with Crippen LogP contribution in [0.4, 0.5) is 0 Å². The van der Waals surface area contributed by atoms with Crippen molar-refractivity contribution in [3.63, 3.8) is 0 Å². The lowest BCUT2D eigenvalue weighted by Gasteiger charge is -2.12. The number of aliphatic hydroxyl groups excluding tert-OH is 1. The summed E-state index contributed by atoms with van der Waals surface area (Å²) in [6.45, 7) is 2.35. The number of rotatable bonds is 3. The van der Waals surface area contributed by atoms with Crippen molar-refractivity contribution in [2.24, 2.45) is 0 Å². The van der Waals surface area contributed by atoms with Crippen molar-refractivity contribution in [2.45, 2.75) is 18.9 Å². The van der Waals surface area contributed by atoms with Gasteiger partial charge < -0.3 is 10.0 Å². The minimum atomic E-state index is -0.190. The number of hydrogen-bond donors (Lipinski definition) is 2. The standard InChI is InChI=1S/C7H13NO2S/c9-6-1-3-8(5-6)4-2-7(10)11/h6,9H,1-5H2,(H,10,11). The van der Waals surface area contributed by atoms with Crippen LogP contribution in [0.5, 0.6) is 0 Å². The van der Waals surface area contributed by atoms with Crippen molar-refractivity contribution < 1.29 is 9.90 Å². The van der Waals surface area contributed by atoms with E-state index in [1.54, 1.807) is 0 Å². The molecule has 64 valence electrons. The lowest BCUT2D eigenvalue weighted by Crippen LogP contribution is -2.24. The summed E-state index contributed by atoms with van der Waals surface area (Å²) in [5, 5.41) is 9.04. The van der Waals surface area contributed by atoms with Crippen LogP contribution < -0.4 is 0 Å². The Morgan fingerprint density at radius 2 is 2.45 bits per heavy atom. The number of carbonyl (C=O) groups is 1. The third-order valence-corrected chi connectivity index (χ3v) is 2.11. The van der Waals surface area contributed by atoms with Gasteiger partial charge in [0.1, 0.15) is 0 Å². The molecule has 0 aromatic rings. The Labute approximate surface area is 71.8 Å². The highest BCUT2D eigenvalue weighted by Gasteiger charge is 2.19. The molecule has 1 aliphatic rings. The molecule has 4 heteroatoms. The SMILES string of the molecule is O=C(S)CCN1CCC(O)C1. The van der Waals surface area contributed by atoms with Gasteiger partial charge in [-0.2, -0.15) is 0 Å². The molecule has 0 amide bonds. The minimum Gasteiger partial charge on any atom is -0.392 e. The maximum Gasteiger partial charge on any atom is 0.187 e. The van der Waals surface area contributed by atoms with E-state index in [1.165, 1.54) is 0 Å². The molecule has 0 aromatic carbocycles. The largest absolute Gasteiger partial charge is 0.392 e. The van der Waals surface area contributed by atoms with Crippen LogP contribution in [-0.4, -0.2) is 40.9 Å². The highest BCUT2D eigenvalue weighted by Crippen LogP contribution is 2.08. The Kier molecular flexibility index (Phi) is 3.36. The number of thiol groups is 1. The Hall–Kier alpha value is -0.0600. The summed E-state index contributed by atoms with van der Waals surface area (Å²) in [4.78, 5) is 12.5. The quantitative estimate of drug-likeness (QED) is 0.588. The molecule has 0 saturated carbocycles. The van der Waals surface area contributed by atoms with E-state index < -0.39 is 0 Å². The molecule has 0 spiro atoms. The van der Waals surface area contributed by atoms with Crippen LogP contribution in [0, 0.1) is 0 Å². The molecular formula is C7H13NO2S. The second-order valence-electron chi connectivity index (χ2n) is 2.89. The van der Waals surface area contributed by atoms with E-state index in [0.29, 0.717) is 13.0 Å². The normalized spacial score (nSPS) is 25.8. The first-order chi connectivity index (χ1) is 5.18. The molecule has 0 radical (unpaired) electrons. The summed E-state index contributed by atoms with van der Waals surface area (Å²) in [5.41, 5.74) is 0. The van der Waals surface area contributed by atoms with Crippen LogP contribution in [-0.2, 0) is 4.79 Å². The first-order valence-electron chi connectivity index (χ1n) is 3.80. The zero-order valence-electron chi connectivity index (χ0n) is 6.36. The number of hydrogen-bond acceptors (Lipinski definition) is 3. The summed E-state index contributed by atoms with van der Waals surface area (Å²) in [6, 6.07) is 0. The van der Waals surface area contributed by atoms with Gasteiger partial charge in [-0.05, 0) is 6.42 Å². The molecule has 1 rings (SSSR count). The van der Waals surface area contributed by atoms with Gasteiger partial charge in [0, 0.05) is 26.1 Å². The molecule has 1 heterocycles. The van der Waals surface area contributed by atoms with Crippen LogP contribution in [0.25, 0.3) is 0 Å². The number of β-amino-alcohol motifs (C(OH)–C–C–N with tert-alkyl or cyclic N) is 1. The molecule has 3 nitrogen and oxygen atoms in total. The topological polar surface area (TPSA) is 40.5 Å². The second kappa shape index (κ2) is 4.09. The van der Waals surface area contributed by atoms with Crippen LogP contribution in [0.3, 0.4) is 0 Å². The summed E-state index contributed by atoms with van der Waals surface area (Å²) in [7, 11) is 0. The molecule has 0 bridgehead atoms. The lowest BCUT2D eigenvalue weighted by molar-refractivity contribution is -0.111. The van der Waals surface area contributed by atoms with Gasteiger partial charge in [0.05, 0.1) is 6.10 Å². The summed E-state index contributed by atoms with van der Waals surface area (Å²) in [6.07, 6.45) is 1.13. The average molecular weight is 175 g/mol. The third kappa shape index (κ3) is 3.22. The van der Waals surface area contributed by atoms with Gasteiger partial charge in [0.15, 0.2) is 5.12 Å². The Morgan fingerprint density at radius 1 is 1.73 bits per heavy atom. The average Bonchev–Trinajstić information content (AvgIpc) is 2.31. The number of carbonyl (C=O) groups excluding carboxylic acids is 1. The first-order valence-corrected chi connectivity index (χ1v) is 4.25. The second-order valence-corrected chi connectivity index (χ2v) is 3.39. The highest BCUT2D eigenvalue weighted by atomic mass is 32.1. The van der Waals surface area contributed by atoms with Gasteiger partial charge in [0.25, 0.3) is 0 Å². The fourth-order valence-corrected chi connectivity index (χ4v) is 1.37. The lowest BCUT2D eigenvalue weighted by atomic mass is 10.3. The zero-order chi connectivity index (χ0) is 8.27. The summed E-state index contributed by atoms with van der Waals surface area (Å²) in [5.74, 6) is 0. The fraction of sp³-hybridized carbons (Fsp3) is 0.857. The van der Waals surface area contributed by atoms with Gasteiger partial charge in [-0.1, -0.05) is 0 Å². The van der Waals surface area contributed by atoms with Crippen molar-refractivity contribution in [2.75, 3.05) is 19.6 Å². The summed E-state index contributed by atoms with van der Waals surface area (Å²) >= 11 is 3.67. The van der Waals surface area contributed by atoms with Crippen molar-refractivity contribution in [1.29, 1.82) is 0 Å². The van der Waals surface area contributed by atoms with Crippen molar-refractivity contribution >= 4 is 17.7 Å². The number of aliphatic hydroxyl groups is 1. The molecule has 1 fully saturated rings. The number of likely N-dealkylation sites (tertiary alicyclic amines) is 1. The van der Waals surface area contributed by atoms with Gasteiger partial charge in [-0.15, -0.1) is 12.6 Å². The molecule has 0 aliphatic carbocycles. The van der Waals surface area contributed by atoms with E-state index >= 15 is 0 Å². The van der Waals surface area contributed by atoms with Crippen molar-refractivity contribution in [3.05, 3.63) is 0 Å². The Balaban J connectivity index is 2.13. The van der Waals surface area contributed by atoms with Crippen molar-refractivity contribution in [3.8, 4) is 0 Å². The molecule has 1 unspecified atom stereocenters.